The highest BCUT2D eigenvalue weighted by Crippen LogP contribution is 2.26. The van der Waals surface area contributed by atoms with E-state index < -0.39 is 0 Å². The first-order valence-corrected chi connectivity index (χ1v) is 14.4. The van der Waals surface area contributed by atoms with Gasteiger partial charge in [-0.2, -0.15) is 0 Å². The lowest BCUT2D eigenvalue weighted by Gasteiger charge is -2.21. The van der Waals surface area contributed by atoms with E-state index in [2.05, 4.69) is 112 Å². The summed E-state index contributed by atoms with van der Waals surface area (Å²) < 4.78 is 0. The van der Waals surface area contributed by atoms with Crippen LogP contribution in [0.4, 0.5) is 5.69 Å². The van der Waals surface area contributed by atoms with Gasteiger partial charge in [0, 0.05) is 34.8 Å². The summed E-state index contributed by atoms with van der Waals surface area (Å²) in [6, 6.07) is 18.4. The van der Waals surface area contributed by atoms with E-state index in [0.29, 0.717) is 0 Å². The van der Waals surface area contributed by atoms with Gasteiger partial charge in [-0.3, -0.25) is 0 Å². The molecular weight excluding hydrogens is 501 g/mol. The molecule has 38 heavy (non-hydrogen) atoms. The van der Waals surface area contributed by atoms with Gasteiger partial charge < -0.3 is 4.90 Å². The second-order valence-corrected chi connectivity index (χ2v) is 10.0. The lowest BCUT2D eigenvalue weighted by molar-refractivity contribution is 0.516. The first-order chi connectivity index (χ1) is 17.6. The van der Waals surface area contributed by atoms with Crippen LogP contribution in [0, 0.1) is 12.3 Å². The Morgan fingerprint density at radius 2 is 1.45 bits per heavy atom. The molecule has 2 aromatic carbocycles. The maximum Gasteiger partial charge on any atom is 0.0901 e. The molecule has 0 saturated heterocycles. The Bertz CT molecular complexity index is 1010. The van der Waals surface area contributed by atoms with E-state index in [9.17, 15) is 0 Å². The van der Waals surface area contributed by atoms with Crippen LogP contribution in [-0.2, 0) is 0 Å². The largest absolute Gasteiger partial charge is 0.351 e. The molecule has 0 spiro atoms. The van der Waals surface area contributed by atoms with Gasteiger partial charge in [-0.25, -0.2) is 4.98 Å². The Kier molecular flexibility index (Phi) is 24.8. The van der Waals surface area contributed by atoms with E-state index in [1.165, 1.54) is 11.1 Å². The van der Waals surface area contributed by atoms with Gasteiger partial charge in [0.15, 0.2) is 0 Å². The lowest BCUT2D eigenvalue weighted by atomic mass is 9.86. The standard InChI is InChI=1S/C16H23NS.C10H9NS.C3H6.2C2H6.CH4/c1-6-13(16(2,3)4)11-12-17(5)14-7-9-15(18)10-8-14;1-8-11-10(7-12-8)9-5-3-2-4-6-9;1-3-2;2*1-2;/h6-12,18H,1-5H3;2-7H,1H3;3H,1H2,2H3;2*1-2H3;1H4/b12-11-,13-6+;;;;;. The van der Waals surface area contributed by atoms with E-state index in [4.69, 9.17) is 0 Å². The number of allylic oxidation sites excluding steroid dienone is 4. The number of benzene rings is 2. The summed E-state index contributed by atoms with van der Waals surface area (Å²) in [7, 11) is 2.06. The van der Waals surface area contributed by atoms with Crippen molar-refractivity contribution in [1.82, 2.24) is 4.98 Å². The summed E-state index contributed by atoms with van der Waals surface area (Å²) in [5.41, 5.74) is 4.95. The van der Waals surface area contributed by atoms with Gasteiger partial charge in [0.25, 0.3) is 0 Å². The molecule has 0 radical (unpaired) electrons. The molecule has 3 rings (SSSR count). The van der Waals surface area contributed by atoms with Gasteiger partial charge in [-0.15, -0.1) is 30.5 Å². The predicted molar refractivity (Wildman–Crippen MR) is 182 cm³/mol. The van der Waals surface area contributed by atoms with Gasteiger partial charge >= 0.3 is 0 Å². The van der Waals surface area contributed by atoms with Crippen molar-refractivity contribution >= 4 is 29.7 Å². The van der Waals surface area contributed by atoms with Crippen molar-refractivity contribution in [3.63, 3.8) is 0 Å². The SMILES string of the molecule is C.C/C=C(\C=C/N(C)c1ccc(S)cc1)C(C)(C)C.C=CC.CC.CC.Cc1nc(-c2ccccc2)cs1. The van der Waals surface area contributed by atoms with E-state index in [1.807, 2.05) is 71.9 Å². The Morgan fingerprint density at radius 3 is 1.84 bits per heavy atom. The number of aryl methyl sites for hydroxylation is 1. The van der Waals surface area contributed by atoms with Gasteiger partial charge in [0.05, 0.1) is 10.7 Å². The van der Waals surface area contributed by atoms with Crippen LogP contribution in [-0.4, -0.2) is 12.0 Å². The number of thiol groups is 1. The molecule has 0 saturated carbocycles. The van der Waals surface area contributed by atoms with Crippen LogP contribution in [0.2, 0.25) is 0 Å². The topological polar surface area (TPSA) is 16.1 Å². The van der Waals surface area contributed by atoms with Gasteiger partial charge in [0.2, 0.25) is 0 Å². The van der Waals surface area contributed by atoms with Crippen LogP contribution in [0.15, 0.2) is 101 Å². The minimum Gasteiger partial charge on any atom is -0.351 e. The highest BCUT2D eigenvalue weighted by atomic mass is 32.1. The van der Waals surface area contributed by atoms with Crippen LogP contribution in [0.3, 0.4) is 0 Å². The van der Waals surface area contributed by atoms with E-state index in [0.717, 1.165) is 21.3 Å². The maximum atomic E-state index is 4.40. The molecule has 0 atom stereocenters. The molecule has 0 aliphatic carbocycles. The van der Waals surface area contributed by atoms with Crippen molar-refractivity contribution in [2.75, 3.05) is 11.9 Å². The molecule has 2 nitrogen and oxygen atoms in total. The van der Waals surface area contributed by atoms with E-state index in [1.54, 1.807) is 17.4 Å². The minimum absolute atomic E-state index is 0. The van der Waals surface area contributed by atoms with Crippen LogP contribution >= 0.6 is 24.0 Å². The van der Waals surface area contributed by atoms with Crippen LogP contribution < -0.4 is 4.90 Å². The highest BCUT2D eigenvalue weighted by Gasteiger charge is 2.13. The third kappa shape index (κ3) is 17.0. The number of rotatable bonds is 4. The molecular formula is C34H54N2S2. The number of thiazole rings is 1. The summed E-state index contributed by atoms with van der Waals surface area (Å²) >= 11 is 5.98. The van der Waals surface area contributed by atoms with Crippen molar-refractivity contribution in [2.45, 2.75) is 81.6 Å². The first kappa shape index (κ1) is 39.9. The summed E-state index contributed by atoms with van der Waals surface area (Å²) in [5, 5.41) is 3.21. The maximum absolute atomic E-state index is 4.40. The normalized spacial score (nSPS) is 10.1. The number of aromatic nitrogens is 1. The van der Waals surface area contributed by atoms with Crippen molar-refractivity contribution < 1.29 is 0 Å². The van der Waals surface area contributed by atoms with Crippen molar-refractivity contribution in [2.24, 2.45) is 5.41 Å². The first-order valence-electron chi connectivity index (χ1n) is 13.0. The quantitative estimate of drug-likeness (QED) is 0.196. The van der Waals surface area contributed by atoms with Gasteiger partial charge in [0.1, 0.15) is 0 Å². The third-order valence-corrected chi connectivity index (χ3v) is 5.67. The summed E-state index contributed by atoms with van der Waals surface area (Å²) in [6.07, 6.45) is 8.20. The molecule has 0 aliphatic heterocycles. The molecule has 0 aliphatic rings. The molecule has 0 bridgehead atoms. The number of anilines is 1. The minimum atomic E-state index is 0. The lowest BCUT2D eigenvalue weighted by Crippen LogP contribution is -2.11. The third-order valence-electron chi connectivity index (χ3n) is 4.60. The fraction of sp³-hybridized carbons (Fsp3) is 0.382. The smallest absolute Gasteiger partial charge is 0.0901 e. The zero-order valence-corrected chi connectivity index (χ0v) is 26.8. The second-order valence-electron chi connectivity index (χ2n) is 8.46. The monoisotopic (exact) mass is 554 g/mol. The van der Waals surface area contributed by atoms with E-state index >= 15 is 0 Å². The summed E-state index contributed by atoms with van der Waals surface area (Å²) in [6.45, 7) is 24.0. The molecule has 1 heterocycles. The van der Waals surface area contributed by atoms with Crippen molar-refractivity contribution in [3.8, 4) is 11.3 Å². The Labute approximate surface area is 245 Å². The highest BCUT2D eigenvalue weighted by molar-refractivity contribution is 7.80. The Hall–Kier alpha value is -2.56. The molecule has 0 amide bonds. The summed E-state index contributed by atoms with van der Waals surface area (Å²) in [4.78, 5) is 7.50. The van der Waals surface area contributed by atoms with Crippen LogP contribution in [0.5, 0.6) is 0 Å². The molecule has 212 valence electrons. The number of hydrogen-bond donors (Lipinski definition) is 1. The Balaban J connectivity index is -0.000000529. The Morgan fingerprint density at radius 1 is 0.947 bits per heavy atom. The van der Waals surface area contributed by atoms with Crippen LogP contribution in [0.25, 0.3) is 11.3 Å². The van der Waals surface area contributed by atoms with E-state index in [-0.39, 0.29) is 12.8 Å². The average Bonchev–Trinajstić information content (AvgIpc) is 3.34. The second kappa shape index (κ2) is 23.5. The van der Waals surface area contributed by atoms with Crippen LogP contribution in [0.1, 0.15) is 74.7 Å². The fourth-order valence-electron chi connectivity index (χ4n) is 2.85. The predicted octanol–water partition coefficient (Wildman–Crippen LogP) is 11.9. The van der Waals surface area contributed by atoms with Crippen molar-refractivity contribution in [1.29, 1.82) is 0 Å². The van der Waals surface area contributed by atoms with Gasteiger partial charge in [-0.1, -0.05) is 98.4 Å². The number of hydrogen-bond acceptors (Lipinski definition) is 4. The summed E-state index contributed by atoms with van der Waals surface area (Å²) in [5.74, 6) is 0. The molecule has 3 aromatic rings. The number of nitrogens with zero attached hydrogens (tertiary/aromatic N) is 2. The fourth-order valence-corrected chi connectivity index (χ4v) is 3.62. The molecule has 1 aromatic heterocycles. The zero-order chi connectivity index (χ0) is 28.9. The molecule has 4 heteroatoms. The average molecular weight is 555 g/mol. The van der Waals surface area contributed by atoms with Crippen molar-refractivity contribution in [3.05, 3.63) is 102 Å². The zero-order valence-electron chi connectivity index (χ0n) is 25.0. The molecule has 0 fully saturated rings. The molecule has 0 unspecified atom stereocenters. The molecule has 0 N–H and O–H groups in total. The van der Waals surface area contributed by atoms with Gasteiger partial charge in [-0.05, 0) is 62.1 Å².